The molecule has 0 saturated carbocycles. The van der Waals surface area contributed by atoms with Crippen molar-refractivity contribution in [2.24, 2.45) is 0 Å². The lowest BCUT2D eigenvalue weighted by Crippen LogP contribution is -1.79. The monoisotopic (exact) mass is 492 g/mol. The summed E-state index contributed by atoms with van der Waals surface area (Å²) >= 11 is 19.3. The van der Waals surface area contributed by atoms with Crippen LogP contribution in [0.25, 0.3) is 0 Å². The fourth-order valence-electron chi connectivity index (χ4n) is 2.21. The van der Waals surface area contributed by atoms with E-state index in [1.165, 1.54) is 45.0 Å². The standard InChI is InChI=1S/C14H4S10/c1-5-6(2-15-1)18-10-9(17-5)21-13(22-10)14-23-11-12(24-14)20-8-4-16-3-7(8)19-11/h1-4H. The maximum absolute atomic E-state index is 2.28. The van der Waals surface area contributed by atoms with Crippen LogP contribution >= 0.6 is 117 Å². The lowest BCUT2D eigenvalue weighted by molar-refractivity contribution is 1.34. The number of hydrogen-bond acceptors (Lipinski definition) is 10. The summed E-state index contributed by atoms with van der Waals surface area (Å²) in [5.74, 6) is 0. The van der Waals surface area contributed by atoms with E-state index in [9.17, 15) is 0 Å². The molecule has 4 aliphatic heterocycles. The van der Waals surface area contributed by atoms with Gasteiger partial charge in [-0.25, -0.2) is 0 Å². The Balaban J connectivity index is 1.25. The second kappa shape index (κ2) is 6.49. The molecule has 0 atom stereocenters. The van der Waals surface area contributed by atoms with Crippen LogP contribution in [0.4, 0.5) is 0 Å². The van der Waals surface area contributed by atoms with Crippen LogP contribution in [0.3, 0.4) is 0 Å². The highest BCUT2D eigenvalue weighted by Gasteiger charge is 2.35. The van der Waals surface area contributed by atoms with E-state index in [4.69, 9.17) is 0 Å². The minimum absolute atomic E-state index is 1.43. The van der Waals surface area contributed by atoms with Gasteiger partial charge in [0.2, 0.25) is 0 Å². The van der Waals surface area contributed by atoms with Gasteiger partial charge < -0.3 is 0 Å². The summed E-state index contributed by atoms with van der Waals surface area (Å²) in [7, 11) is 0. The first-order chi connectivity index (χ1) is 11.8. The van der Waals surface area contributed by atoms with E-state index >= 15 is 0 Å². The molecule has 0 aliphatic carbocycles. The zero-order valence-corrected chi connectivity index (χ0v) is 19.6. The Kier molecular flexibility index (Phi) is 4.43. The topological polar surface area (TPSA) is 0 Å². The molecule has 6 heterocycles. The van der Waals surface area contributed by atoms with Gasteiger partial charge in [0.25, 0.3) is 0 Å². The molecule has 0 saturated heterocycles. The summed E-state index contributed by atoms with van der Waals surface area (Å²) in [5, 5.41) is 9.10. The second-order valence-electron chi connectivity index (χ2n) is 4.74. The third-order valence-electron chi connectivity index (χ3n) is 3.24. The van der Waals surface area contributed by atoms with Crippen molar-refractivity contribution in [2.75, 3.05) is 0 Å². The van der Waals surface area contributed by atoms with E-state index in [0.717, 1.165) is 0 Å². The van der Waals surface area contributed by atoms with Gasteiger partial charge in [0, 0.05) is 41.1 Å². The zero-order valence-electron chi connectivity index (χ0n) is 11.4. The largest absolute Gasteiger partial charge is 0.150 e. The van der Waals surface area contributed by atoms with Gasteiger partial charge in [0.15, 0.2) is 0 Å². The van der Waals surface area contributed by atoms with Gasteiger partial charge >= 0.3 is 0 Å². The minimum Gasteiger partial charge on any atom is -0.150 e. The van der Waals surface area contributed by atoms with Crippen molar-refractivity contribution in [2.45, 2.75) is 19.6 Å². The zero-order chi connectivity index (χ0) is 15.7. The highest BCUT2D eigenvalue weighted by atomic mass is 32.3. The first-order valence-corrected chi connectivity index (χ1v) is 15.0. The summed E-state index contributed by atoms with van der Waals surface area (Å²) in [5.41, 5.74) is 0. The molecule has 0 spiro atoms. The molecule has 24 heavy (non-hydrogen) atoms. The molecule has 10 heteroatoms. The molecule has 0 unspecified atom stereocenters. The first-order valence-electron chi connectivity index (χ1n) is 6.61. The van der Waals surface area contributed by atoms with Crippen molar-refractivity contribution in [3.05, 3.63) is 46.9 Å². The average Bonchev–Trinajstić information content (AvgIpc) is 3.33. The molecular weight excluding hydrogens is 489 g/mol. The summed E-state index contributed by atoms with van der Waals surface area (Å²) in [6.07, 6.45) is 0. The molecule has 2 aromatic rings. The van der Waals surface area contributed by atoms with Crippen LogP contribution in [0.15, 0.2) is 66.5 Å². The fraction of sp³-hybridized carbons (Fsp3) is 0. The van der Waals surface area contributed by atoms with Gasteiger partial charge in [-0.15, -0.1) is 0 Å². The molecule has 0 nitrogen and oxygen atoms in total. The van der Waals surface area contributed by atoms with Crippen molar-refractivity contribution >= 4 is 117 Å². The Bertz CT molecular complexity index is 824. The van der Waals surface area contributed by atoms with Crippen molar-refractivity contribution in [1.82, 2.24) is 0 Å². The Hall–Kier alpha value is 1.42. The van der Waals surface area contributed by atoms with E-state index < -0.39 is 0 Å². The Morgan fingerprint density at radius 1 is 0.333 bits per heavy atom. The summed E-state index contributed by atoms with van der Waals surface area (Å²) in [6, 6.07) is 0. The summed E-state index contributed by atoms with van der Waals surface area (Å²) < 4.78 is 8.85. The molecule has 0 bridgehead atoms. The second-order valence-corrected chi connectivity index (χ2v) is 16.1. The van der Waals surface area contributed by atoms with Gasteiger partial charge in [0.05, 0.1) is 25.4 Å². The first kappa shape index (κ1) is 16.4. The quantitative estimate of drug-likeness (QED) is 0.352. The number of fused-ring (bicyclic) bond motifs is 2. The van der Waals surface area contributed by atoms with E-state index in [1.54, 1.807) is 0 Å². The molecule has 0 amide bonds. The molecule has 0 N–H and O–H groups in total. The van der Waals surface area contributed by atoms with Gasteiger partial charge in [-0.05, 0) is 0 Å². The van der Waals surface area contributed by atoms with Crippen LogP contribution in [0, 0.1) is 0 Å². The molecule has 6 rings (SSSR count). The number of thiophene rings is 2. The van der Waals surface area contributed by atoms with Crippen LogP contribution in [-0.4, -0.2) is 0 Å². The Morgan fingerprint density at radius 3 is 0.875 bits per heavy atom. The number of hydrogen-bond donors (Lipinski definition) is 0. The van der Waals surface area contributed by atoms with Crippen molar-refractivity contribution in [3.63, 3.8) is 0 Å². The van der Waals surface area contributed by atoms with Gasteiger partial charge in [-0.3, -0.25) is 0 Å². The van der Waals surface area contributed by atoms with Crippen LogP contribution in [-0.2, 0) is 0 Å². The molecular formula is C14H4S10. The fourth-order valence-corrected chi connectivity index (χ4v) is 16.4. The molecule has 0 fully saturated rings. The lowest BCUT2D eigenvalue weighted by atomic mass is 10.7. The van der Waals surface area contributed by atoms with Gasteiger partial charge in [-0.1, -0.05) is 94.1 Å². The lowest BCUT2D eigenvalue weighted by Gasteiger charge is -2.10. The smallest absolute Gasteiger partial charge is 0.0718 e. The summed E-state index contributed by atoms with van der Waals surface area (Å²) in [4.78, 5) is 5.73. The molecule has 0 radical (unpaired) electrons. The van der Waals surface area contributed by atoms with Crippen LogP contribution < -0.4 is 0 Å². The highest BCUT2D eigenvalue weighted by Crippen LogP contribution is 2.71. The van der Waals surface area contributed by atoms with Crippen LogP contribution in [0.2, 0.25) is 0 Å². The third-order valence-corrected chi connectivity index (χ3v) is 17.0. The van der Waals surface area contributed by atoms with E-state index in [0.29, 0.717) is 0 Å². The minimum atomic E-state index is 1.43. The maximum Gasteiger partial charge on any atom is 0.0718 e. The van der Waals surface area contributed by atoms with Crippen molar-refractivity contribution in [1.29, 1.82) is 0 Å². The van der Waals surface area contributed by atoms with Crippen LogP contribution in [0.1, 0.15) is 0 Å². The normalized spacial score (nSPS) is 22.0. The molecule has 120 valence electrons. The van der Waals surface area contributed by atoms with E-state index in [-0.39, 0.29) is 0 Å². The van der Waals surface area contributed by atoms with Crippen molar-refractivity contribution < 1.29 is 0 Å². The number of thioether (sulfide) groups is 8. The predicted octanol–water partition coefficient (Wildman–Crippen LogP) is 9.25. The van der Waals surface area contributed by atoms with Crippen LogP contribution in [0.5, 0.6) is 0 Å². The predicted molar refractivity (Wildman–Crippen MR) is 124 cm³/mol. The SMILES string of the molecule is c1scc2c1SC1=C(SC(=C3SC4=C(S3)Sc3cscc3S4)S1)S2. The molecule has 2 aromatic heterocycles. The third kappa shape index (κ3) is 2.75. The molecule has 4 aliphatic rings. The number of rotatable bonds is 0. The van der Waals surface area contributed by atoms with Crippen molar-refractivity contribution in [3.8, 4) is 0 Å². The van der Waals surface area contributed by atoms with E-state index in [1.807, 2.05) is 117 Å². The van der Waals surface area contributed by atoms with Gasteiger partial charge in [0.1, 0.15) is 0 Å². The van der Waals surface area contributed by atoms with Gasteiger partial charge in [-0.2, -0.15) is 22.7 Å². The van der Waals surface area contributed by atoms with E-state index in [2.05, 4.69) is 21.5 Å². The molecule has 0 aromatic carbocycles. The Morgan fingerprint density at radius 2 is 0.583 bits per heavy atom. The highest BCUT2D eigenvalue weighted by molar-refractivity contribution is 8.45. The maximum atomic E-state index is 2.28. The summed E-state index contributed by atoms with van der Waals surface area (Å²) in [6.45, 7) is 0. The Labute approximate surface area is 181 Å². The average molecular weight is 493 g/mol.